The molecular weight excluding hydrogens is 384 g/mol. The fourth-order valence-corrected chi connectivity index (χ4v) is 4.61. The maximum atomic E-state index is 13.2. The van der Waals surface area contributed by atoms with Crippen molar-refractivity contribution in [1.29, 1.82) is 0 Å². The van der Waals surface area contributed by atoms with E-state index in [0.29, 0.717) is 13.2 Å². The Morgan fingerprint density at radius 1 is 1.17 bits per heavy atom. The van der Waals surface area contributed by atoms with E-state index in [9.17, 15) is 9.59 Å². The van der Waals surface area contributed by atoms with Crippen molar-refractivity contribution >= 4 is 12.1 Å². The zero-order valence-corrected chi connectivity index (χ0v) is 18.7. The molecule has 7 heteroatoms. The summed E-state index contributed by atoms with van der Waals surface area (Å²) in [4.78, 5) is 29.7. The fraction of sp³-hybridized carbons (Fsp3) is 0.652. The van der Waals surface area contributed by atoms with Crippen LogP contribution in [0, 0.1) is 0 Å². The second-order valence-electron chi connectivity index (χ2n) is 9.23. The van der Waals surface area contributed by atoms with Gasteiger partial charge in [0, 0.05) is 6.54 Å². The number of hydrogen-bond donors (Lipinski definition) is 0. The van der Waals surface area contributed by atoms with E-state index in [1.807, 2.05) is 45.9 Å². The van der Waals surface area contributed by atoms with Crippen molar-refractivity contribution in [2.75, 3.05) is 20.3 Å². The number of rotatable bonds is 5. The van der Waals surface area contributed by atoms with Gasteiger partial charge in [-0.25, -0.2) is 9.59 Å². The van der Waals surface area contributed by atoms with Crippen LogP contribution >= 0.6 is 0 Å². The highest BCUT2D eigenvalue weighted by Gasteiger charge is 2.51. The summed E-state index contributed by atoms with van der Waals surface area (Å²) in [5.74, 6) is -0.524. The first-order valence-corrected chi connectivity index (χ1v) is 10.7. The van der Waals surface area contributed by atoms with Crippen molar-refractivity contribution in [3.05, 3.63) is 35.9 Å². The van der Waals surface area contributed by atoms with Crippen molar-refractivity contribution in [1.82, 2.24) is 9.80 Å². The molecule has 1 amide bonds. The molecule has 2 fully saturated rings. The first kappa shape index (κ1) is 22.6. The van der Waals surface area contributed by atoms with Crippen molar-refractivity contribution in [3.63, 3.8) is 0 Å². The van der Waals surface area contributed by atoms with Crippen molar-refractivity contribution < 1.29 is 23.8 Å². The summed E-state index contributed by atoms with van der Waals surface area (Å²) in [5.41, 5.74) is -0.177. The van der Waals surface area contributed by atoms with Crippen LogP contribution < -0.4 is 0 Å². The molecule has 0 aliphatic carbocycles. The lowest BCUT2D eigenvalue weighted by atomic mass is 9.96. The van der Waals surface area contributed by atoms with Gasteiger partial charge in [0.05, 0.1) is 25.3 Å². The number of methoxy groups -OCH3 is 1. The quantitative estimate of drug-likeness (QED) is 0.681. The number of nitrogens with zero attached hydrogens (tertiary/aromatic N) is 2. The summed E-state index contributed by atoms with van der Waals surface area (Å²) in [6, 6.07) is 9.89. The first-order chi connectivity index (χ1) is 14.2. The molecule has 0 N–H and O–H groups in total. The Labute approximate surface area is 179 Å². The summed E-state index contributed by atoms with van der Waals surface area (Å²) < 4.78 is 16.7. The molecule has 2 heterocycles. The Morgan fingerprint density at radius 2 is 1.87 bits per heavy atom. The van der Waals surface area contributed by atoms with Gasteiger partial charge in [0.15, 0.2) is 0 Å². The van der Waals surface area contributed by atoms with Crippen LogP contribution in [0.5, 0.6) is 0 Å². The van der Waals surface area contributed by atoms with E-state index in [1.54, 1.807) is 4.90 Å². The molecule has 0 unspecified atom stereocenters. The number of piperidine rings is 1. The lowest BCUT2D eigenvalue weighted by Crippen LogP contribution is -2.57. The minimum Gasteiger partial charge on any atom is -0.466 e. The van der Waals surface area contributed by atoms with Crippen molar-refractivity contribution in [3.8, 4) is 0 Å². The summed E-state index contributed by atoms with van der Waals surface area (Å²) in [5, 5.41) is 0. The number of carbonyl (C=O) groups excluding carboxylic acids is 2. The van der Waals surface area contributed by atoms with Crippen molar-refractivity contribution in [2.24, 2.45) is 0 Å². The molecule has 2 atom stereocenters. The van der Waals surface area contributed by atoms with Gasteiger partial charge in [0.25, 0.3) is 0 Å². The minimum absolute atomic E-state index is 0.231. The minimum atomic E-state index is -0.987. The number of benzene rings is 1. The predicted molar refractivity (Wildman–Crippen MR) is 113 cm³/mol. The SMILES string of the molecule is COC(=O)[C@H](OC(=O)N1C(C)(C)COC1(C)C)[C@H]1CCCCN1Cc1ccccc1. The van der Waals surface area contributed by atoms with Gasteiger partial charge >= 0.3 is 12.1 Å². The highest BCUT2D eigenvalue weighted by molar-refractivity contribution is 5.80. The summed E-state index contributed by atoms with van der Waals surface area (Å²) in [6.45, 7) is 9.46. The van der Waals surface area contributed by atoms with E-state index in [2.05, 4.69) is 17.0 Å². The molecule has 0 bridgehead atoms. The number of hydrogen-bond acceptors (Lipinski definition) is 6. The van der Waals surface area contributed by atoms with Crippen LogP contribution in [0.15, 0.2) is 30.3 Å². The Bertz CT molecular complexity index is 733. The molecule has 0 aromatic heterocycles. The molecule has 2 aliphatic heterocycles. The van der Waals surface area contributed by atoms with Gasteiger partial charge in [-0.1, -0.05) is 36.8 Å². The maximum absolute atomic E-state index is 13.2. The second-order valence-corrected chi connectivity index (χ2v) is 9.23. The largest absolute Gasteiger partial charge is 0.466 e. The molecule has 0 spiro atoms. The third-order valence-electron chi connectivity index (χ3n) is 6.01. The highest BCUT2D eigenvalue weighted by atomic mass is 16.6. The highest BCUT2D eigenvalue weighted by Crippen LogP contribution is 2.36. The Hall–Kier alpha value is -2.12. The number of amides is 1. The van der Waals surface area contributed by atoms with Crippen molar-refractivity contribution in [2.45, 2.75) is 76.9 Å². The van der Waals surface area contributed by atoms with Crippen LogP contribution in [0.1, 0.15) is 52.5 Å². The van der Waals surface area contributed by atoms with E-state index in [4.69, 9.17) is 14.2 Å². The molecule has 0 saturated carbocycles. The zero-order chi connectivity index (χ0) is 21.9. The van der Waals surface area contributed by atoms with Crippen LogP contribution in [-0.2, 0) is 25.5 Å². The van der Waals surface area contributed by atoms with Crippen LogP contribution in [0.3, 0.4) is 0 Å². The van der Waals surface area contributed by atoms with Gasteiger partial charge in [-0.05, 0) is 52.6 Å². The van der Waals surface area contributed by atoms with Gasteiger partial charge in [0.2, 0.25) is 6.10 Å². The zero-order valence-electron chi connectivity index (χ0n) is 18.7. The van der Waals surface area contributed by atoms with E-state index in [0.717, 1.165) is 31.4 Å². The third kappa shape index (κ3) is 4.78. The van der Waals surface area contributed by atoms with Gasteiger partial charge in [-0.3, -0.25) is 9.80 Å². The van der Waals surface area contributed by atoms with Gasteiger partial charge < -0.3 is 14.2 Å². The number of ether oxygens (including phenoxy) is 3. The molecule has 2 aliphatic rings. The lowest BCUT2D eigenvalue weighted by Gasteiger charge is -2.41. The second kappa shape index (κ2) is 8.94. The van der Waals surface area contributed by atoms with Gasteiger partial charge in [0.1, 0.15) is 5.72 Å². The fourth-order valence-electron chi connectivity index (χ4n) is 4.61. The standard InChI is InChI=1S/C23H34N2O5/c1-22(2)16-29-23(3,4)25(22)21(27)30-19(20(26)28-5)18-13-9-10-14-24(18)15-17-11-7-6-8-12-17/h6-8,11-12,18-19H,9-10,13-16H2,1-5H3/t18-,19-/m1/s1. The monoisotopic (exact) mass is 418 g/mol. The molecule has 1 aromatic rings. The van der Waals surface area contributed by atoms with E-state index in [1.165, 1.54) is 7.11 Å². The molecule has 30 heavy (non-hydrogen) atoms. The molecule has 166 valence electrons. The van der Waals surface area contributed by atoms with E-state index < -0.39 is 29.4 Å². The van der Waals surface area contributed by atoms with Crippen LogP contribution in [-0.4, -0.2) is 65.5 Å². The molecule has 2 saturated heterocycles. The van der Waals surface area contributed by atoms with Crippen LogP contribution in [0.4, 0.5) is 4.79 Å². The summed E-state index contributed by atoms with van der Waals surface area (Å²) in [7, 11) is 1.33. The molecule has 7 nitrogen and oxygen atoms in total. The van der Waals surface area contributed by atoms with Gasteiger partial charge in [-0.2, -0.15) is 0 Å². The molecular formula is C23H34N2O5. The topological polar surface area (TPSA) is 68.3 Å². The number of likely N-dealkylation sites (tertiary alicyclic amines) is 1. The van der Waals surface area contributed by atoms with Crippen LogP contribution in [0.25, 0.3) is 0 Å². The maximum Gasteiger partial charge on any atom is 0.413 e. The molecule has 3 rings (SSSR count). The Kier molecular flexibility index (Phi) is 6.72. The summed E-state index contributed by atoms with van der Waals surface area (Å²) >= 11 is 0. The predicted octanol–water partition coefficient (Wildman–Crippen LogP) is 3.57. The van der Waals surface area contributed by atoms with Gasteiger partial charge in [-0.15, -0.1) is 0 Å². The van der Waals surface area contributed by atoms with E-state index >= 15 is 0 Å². The third-order valence-corrected chi connectivity index (χ3v) is 6.01. The average molecular weight is 419 g/mol. The average Bonchev–Trinajstić information content (AvgIpc) is 2.94. The molecule has 1 aromatic carbocycles. The van der Waals surface area contributed by atoms with E-state index in [-0.39, 0.29) is 6.04 Å². The number of carbonyl (C=O) groups is 2. The molecule has 0 radical (unpaired) electrons. The Morgan fingerprint density at radius 3 is 2.47 bits per heavy atom. The lowest BCUT2D eigenvalue weighted by molar-refractivity contribution is -0.158. The van der Waals surface area contributed by atoms with Crippen LogP contribution in [0.2, 0.25) is 0 Å². The normalized spacial score (nSPS) is 24.3. The summed E-state index contributed by atoms with van der Waals surface area (Å²) in [6.07, 6.45) is 1.25. The smallest absolute Gasteiger partial charge is 0.413 e. The number of esters is 1. The first-order valence-electron chi connectivity index (χ1n) is 10.7. The Balaban J connectivity index is 1.82.